The fraction of sp³-hybridized carbons (Fsp3) is 0.259. The average Bonchev–Trinajstić information content (AvgIpc) is 3.43. The summed E-state index contributed by atoms with van der Waals surface area (Å²) in [6.45, 7) is 5.08. The van der Waals surface area contributed by atoms with E-state index in [0.717, 1.165) is 16.8 Å². The van der Waals surface area contributed by atoms with E-state index in [1.54, 1.807) is 0 Å². The lowest BCUT2D eigenvalue weighted by Gasteiger charge is -2.33. The number of hydrogen-bond donors (Lipinski definition) is 0. The molecule has 0 N–H and O–H groups in total. The van der Waals surface area contributed by atoms with E-state index < -0.39 is 17.6 Å². The second-order valence-corrected chi connectivity index (χ2v) is 9.19. The number of imide groups is 1. The van der Waals surface area contributed by atoms with Gasteiger partial charge in [0, 0.05) is 12.2 Å². The molecule has 0 bridgehead atoms. The van der Waals surface area contributed by atoms with Crippen molar-refractivity contribution in [1.29, 1.82) is 0 Å². The number of rotatable bonds is 3. The number of carbonyl (C=O) groups is 2. The Morgan fingerprint density at radius 1 is 0.788 bits per heavy atom. The molecule has 3 heterocycles. The fourth-order valence-corrected chi connectivity index (χ4v) is 5.45. The molecule has 0 radical (unpaired) electrons. The number of carbonyl (C=O) groups excluding carboxylic acids is 2. The second kappa shape index (κ2) is 7.27. The molecule has 3 atom stereocenters. The first-order chi connectivity index (χ1) is 16.0. The van der Waals surface area contributed by atoms with Gasteiger partial charge in [0.1, 0.15) is 11.5 Å². The van der Waals surface area contributed by atoms with Crippen molar-refractivity contribution in [2.75, 3.05) is 23.0 Å². The number of hydroxylamine groups is 2. The van der Waals surface area contributed by atoms with Gasteiger partial charge < -0.3 is 4.90 Å². The van der Waals surface area contributed by atoms with Gasteiger partial charge in [-0.1, -0.05) is 65.7 Å². The first-order valence-corrected chi connectivity index (χ1v) is 11.2. The monoisotopic (exact) mass is 439 g/mol. The Balaban J connectivity index is 1.44. The number of nitrogens with zero attached hydrogens (tertiary/aromatic N) is 3. The zero-order valence-electron chi connectivity index (χ0n) is 18.6. The second-order valence-electron chi connectivity index (χ2n) is 9.19. The van der Waals surface area contributed by atoms with Crippen molar-refractivity contribution in [2.24, 2.45) is 5.92 Å². The highest BCUT2D eigenvalue weighted by Gasteiger charge is 2.70. The molecule has 3 saturated heterocycles. The molecule has 6 heteroatoms. The lowest BCUT2D eigenvalue weighted by Crippen LogP contribution is -2.47. The van der Waals surface area contributed by atoms with E-state index in [-0.39, 0.29) is 11.8 Å². The highest BCUT2D eigenvalue weighted by atomic mass is 16.7. The minimum absolute atomic E-state index is 0.203. The van der Waals surface area contributed by atoms with Gasteiger partial charge in [0.15, 0.2) is 6.10 Å². The molecule has 3 aliphatic rings. The van der Waals surface area contributed by atoms with E-state index in [4.69, 9.17) is 4.84 Å². The van der Waals surface area contributed by atoms with Crippen LogP contribution >= 0.6 is 0 Å². The van der Waals surface area contributed by atoms with E-state index in [1.165, 1.54) is 10.5 Å². The first-order valence-electron chi connectivity index (χ1n) is 11.2. The van der Waals surface area contributed by atoms with Crippen LogP contribution in [0.25, 0.3) is 0 Å². The molecule has 3 aromatic rings. The number of benzene rings is 3. The van der Waals surface area contributed by atoms with Gasteiger partial charge in [-0.15, -0.1) is 0 Å². The summed E-state index contributed by atoms with van der Waals surface area (Å²) in [4.78, 5) is 37.1. The van der Waals surface area contributed by atoms with Crippen molar-refractivity contribution in [1.82, 2.24) is 5.06 Å². The Morgan fingerprint density at radius 3 is 2.03 bits per heavy atom. The predicted octanol–water partition coefficient (Wildman–Crippen LogP) is 3.78. The Bertz CT molecular complexity index is 1230. The highest BCUT2D eigenvalue weighted by Crippen LogP contribution is 2.53. The maximum Gasteiger partial charge on any atom is 0.265 e. The van der Waals surface area contributed by atoms with E-state index in [1.807, 2.05) is 66.6 Å². The van der Waals surface area contributed by atoms with Crippen LogP contribution in [-0.2, 0) is 20.0 Å². The van der Waals surface area contributed by atoms with Crippen molar-refractivity contribution in [3.63, 3.8) is 0 Å². The minimum atomic E-state index is -0.820. The molecule has 6 nitrogen and oxygen atoms in total. The van der Waals surface area contributed by atoms with Crippen LogP contribution < -0.4 is 9.80 Å². The summed E-state index contributed by atoms with van der Waals surface area (Å²) >= 11 is 0. The predicted molar refractivity (Wildman–Crippen MR) is 125 cm³/mol. The maximum absolute atomic E-state index is 13.9. The molecular weight excluding hydrogens is 414 g/mol. The number of aryl methyl sites for hydroxylation is 2. The maximum atomic E-state index is 13.9. The zero-order valence-corrected chi connectivity index (χ0v) is 18.6. The molecule has 0 saturated carbocycles. The SMILES string of the molecule is Cc1ccc(N2CN3O[C@H]4C(=O)N(c5ccc(C)cc5)C(=O)[C@H]4[C@@]3(c3ccccc3)C2)cc1. The number of anilines is 2. The van der Waals surface area contributed by atoms with Gasteiger partial charge >= 0.3 is 0 Å². The van der Waals surface area contributed by atoms with Crippen LogP contribution in [-0.4, -0.2) is 36.2 Å². The molecule has 3 aliphatic heterocycles. The molecule has 6 rings (SSSR count). The summed E-state index contributed by atoms with van der Waals surface area (Å²) in [5.74, 6) is -1.12. The van der Waals surface area contributed by atoms with Gasteiger partial charge in [-0.3, -0.25) is 14.4 Å². The Kier molecular flexibility index (Phi) is 4.44. The molecule has 166 valence electrons. The van der Waals surface area contributed by atoms with Gasteiger partial charge in [-0.25, -0.2) is 4.90 Å². The average molecular weight is 440 g/mol. The van der Waals surface area contributed by atoms with E-state index in [0.29, 0.717) is 18.9 Å². The summed E-state index contributed by atoms with van der Waals surface area (Å²) in [5.41, 5.74) is 4.17. The summed E-state index contributed by atoms with van der Waals surface area (Å²) in [5, 5.41) is 1.86. The molecule has 0 unspecified atom stereocenters. The van der Waals surface area contributed by atoms with Crippen molar-refractivity contribution < 1.29 is 14.4 Å². The van der Waals surface area contributed by atoms with Gasteiger partial charge in [-0.05, 0) is 43.7 Å². The van der Waals surface area contributed by atoms with E-state index >= 15 is 0 Å². The van der Waals surface area contributed by atoms with Gasteiger partial charge in [0.25, 0.3) is 5.91 Å². The van der Waals surface area contributed by atoms with Crippen LogP contribution in [0.5, 0.6) is 0 Å². The quantitative estimate of drug-likeness (QED) is 0.582. The molecular formula is C27H25N3O3. The zero-order chi connectivity index (χ0) is 22.7. The van der Waals surface area contributed by atoms with Crippen LogP contribution in [0.15, 0.2) is 78.9 Å². The van der Waals surface area contributed by atoms with E-state index in [9.17, 15) is 9.59 Å². The molecule has 0 spiro atoms. The van der Waals surface area contributed by atoms with Crippen molar-refractivity contribution >= 4 is 23.2 Å². The minimum Gasteiger partial charge on any atom is -0.354 e. The third kappa shape index (κ3) is 2.88. The van der Waals surface area contributed by atoms with E-state index in [2.05, 4.69) is 36.1 Å². The van der Waals surface area contributed by atoms with Crippen LogP contribution in [0.4, 0.5) is 11.4 Å². The molecule has 0 aromatic heterocycles. The highest BCUT2D eigenvalue weighted by molar-refractivity contribution is 6.24. The van der Waals surface area contributed by atoms with Gasteiger partial charge in [-0.2, -0.15) is 5.06 Å². The summed E-state index contributed by atoms with van der Waals surface area (Å²) in [6, 6.07) is 25.8. The normalized spacial score (nSPS) is 26.7. The fourth-order valence-electron chi connectivity index (χ4n) is 5.45. The molecule has 0 aliphatic carbocycles. The third-order valence-corrected chi connectivity index (χ3v) is 7.15. The van der Waals surface area contributed by atoms with Crippen LogP contribution in [0, 0.1) is 19.8 Å². The molecule has 2 amide bonds. The van der Waals surface area contributed by atoms with Crippen molar-refractivity contribution in [3.05, 3.63) is 95.6 Å². The lowest BCUT2D eigenvalue weighted by molar-refractivity contribution is -0.177. The molecule has 3 aromatic carbocycles. The summed E-state index contributed by atoms with van der Waals surface area (Å²) in [7, 11) is 0. The summed E-state index contributed by atoms with van der Waals surface area (Å²) < 4.78 is 0. The van der Waals surface area contributed by atoms with Crippen LogP contribution in [0.2, 0.25) is 0 Å². The molecule has 33 heavy (non-hydrogen) atoms. The lowest BCUT2D eigenvalue weighted by atomic mass is 9.77. The number of hydrogen-bond acceptors (Lipinski definition) is 5. The first kappa shape index (κ1) is 20.1. The van der Waals surface area contributed by atoms with Crippen LogP contribution in [0.3, 0.4) is 0 Å². The summed E-state index contributed by atoms with van der Waals surface area (Å²) in [6.07, 6.45) is -0.820. The largest absolute Gasteiger partial charge is 0.354 e. The molecule has 3 fully saturated rings. The third-order valence-electron chi connectivity index (χ3n) is 7.15. The standard InChI is InChI=1S/C27H25N3O3/c1-18-8-12-21(13-9-18)28-16-27(20-6-4-3-5-7-20)23-24(33-29(27)17-28)26(32)30(25(23)31)22-14-10-19(2)11-15-22/h3-15,23-24H,16-17H2,1-2H3/t23-,24+,27-/m0/s1. The Morgan fingerprint density at radius 2 is 1.39 bits per heavy atom. The Hall–Kier alpha value is -3.48. The smallest absolute Gasteiger partial charge is 0.265 e. The topological polar surface area (TPSA) is 53.1 Å². The van der Waals surface area contributed by atoms with Crippen molar-refractivity contribution in [2.45, 2.75) is 25.5 Å². The van der Waals surface area contributed by atoms with Gasteiger partial charge in [0.2, 0.25) is 5.91 Å². The number of amides is 2. The number of fused-ring (bicyclic) bond motifs is 3. The van der Waals surface area contributed by atoms with Gasteiger partial charge in [0.05, 0.1) is 12.4 Å². The van der Waals surface area contributed by atoms with Crippen LogP contribution in [0.1, 0.15) is 16.7 Å². The Labute approximate surface area is 192 Å². The van der Waals surface area contributed by atoms with Crippen molar-refractivity contribution in [3.8, 4) is 0 Å².